The number of rotatable bonds is 7. The first-order valence-electron chi connectivity index (χ1n) is 11.0. The highest BCUT2D eigenvalue weighted by Crippen LogP contribution is 2.36. The Labute approximate surface area is 197 Å². The highest BCUT2D eigenvalue weighted by molar-refractivity contribution is 5.95. The summed E-state index contributed by atoms with van der Waals surface area (Å²) in [4.78, 5) is 27.0. The summed E-state index contributed by atoms with van der Waals surface area (Å²) in [6.07, 6.45) is -3.77. The molecule has 2 heterocycles. The van der Waals surface area contributed by atoms with Crippen LogP contribution in [0.5, 0.6) is 0 Å². The van der Waals surface area contributed by atoms with Crippen LogP contribution >= 0.6 is 0 Å². The van der Waals surface area contributed by atoms with Crippen molar-refractivity contribution in [3.8, 4) is 0 Å². The first-order chi connectivity index (χ1) is 15.9. The van der Waals surface area contributed by atoms with Crippen molar-refractivity contribution in [2.24, 2.45) is 5.41 Å². The monoisotopic (exact) mass is 480 g/mol. The van der Waals surface area contributed by atoms with Crippen LogP contribution in [0.4, 0.5) is 36.7 Å². The smallest absolute Gasteiger partial charge is 0.355 e. The summed E-state index contributed by atoms with van der Waals surface area (Å²) in [7, 11) is 3.23. The third kappa shape index (κ3) is 6.69. The summed E-state index contributed by atoms with van der Waals surface area (Å²) in [6.45, 7) is 8.38. The van der Waals surface area contributed by atoms with Gasteiger partial charge >= 0.3 is 6.18 Å². The van der Waals surface area contributed by atoms with Gasteiger partial charge in [-0.05, 0) is 36.6 Å². The first kappa shape index (κ1) is 25.5. The lowest BCUT2D eigenvalue weighted by Gasteiger charge is -2.27. The number of benzene rings is 1. The number of anilines is 4. The predicted molar refractivity (Wildman–Crippen MR) is 126 cm³/mol. The van der Waals surface area contributed by atoms with Gasteiger partial charge in [0.25, 0.3) is 5.91 Å². The number of nitrogens with one attached hydrogen (secondary N) is 4. The normalized spacial score (nSPS) is 16.3. The minimum atomic E-state index is -4.64. The number of amides is 1. The number of halogens is 3. The second kappa shape index (κ2) is 10.00. The zero-order valence-electron chi connectivity index (χ0n) is 20.0. The van der Waals surface area contributed by atoms with Crippen LogP contribution in [-0.2, 0) is 6.18 Å². The van der Waals surface area contributed by atoms with E-state index in [4.69, 9.17) is 0 Å². The summed E-state index contributed by atoms with van der Waals surface area (Å²) in [5.41, 5.74) is -1.24. The lowest BCUT2D eigenvalue weighted by molar-refractivity contribution is -0.136. The molecule has 1 aromatic carbocycles. The molecule has 12 heteroatoms. The summed E-state index contributed by atoms with van der Waals surface area (Å²) in [6, 6.07) is 3.23. The summed E-state index contributed by atoms with van der Waals surface area (Å²) in [5, 5.41) is 11.6. The number of alkyl halides is 3. The average molecular weight is 481 g/mol. The van der Waals surface area contributed by atoms with E-state index in [1.54, 1.807) is 0 Å². The molecule has 0 bridgehead atoms. The van der Waals surface area contributed by atoms with Gasteiger partial charge < -0.3 is 26.2 Å². The van der Waals surface area contributed by atoms with Crippen molar-refractivity contribution < 1.29 is 18.0 Å². The van der Waals surface area contributed by atoms with Gasteiger partial charge in [-0.15, -0.1) is 0 Å². The second-order valence-electron chi connectivity index (χ2n) is 9.50. The van der Waals surface area contributed by atoms with Gasteiger partial charge in [-0.3, -0.25) is 4.79 Å². The first-order valence-corrected chi connectivity index (χ1v) is 11.0. The van der Waals surface area contributed by atoms with Gasteiger partial charge in [0.2, 0.25) is 17.8 Å². The molecule has 1 saturated heterocycles. The SMILES string of the molecule is CNC(=O)c1ccc(C(F)(F)F)c(Nc2nc(N[C@@H]3CCNC3)nc(N(C)CC(C)(C)C)n2)c1. The van der Waals surface area contributed by atoms with Gasteiger partial charge in [0.05, 0.1) is 11.3 Å². The Morgan fingerprint density at radius 3 is 2.47 bits per heavy atom. The molecule has 3 rings (SSSR count). The third-order valence-corrected chi connectivity index (χ3v) is 5.13. The molecule has 4 N–H and O–H groups in total. The van der Waals surface area contributed by atoms with Crippen molar-refractivity contribution in [3.05, 3.63) is 29.3 Å². The highest BCUT2D eigenvalue weighted by atomic mass is 19.4. The lowest BCUT2D eigenvalue weighted by Crippen LogP contribution is -2.31. The molecule has 0 aliphatic carbocycles. The van der Waals surface area contributed by atoms with Crippen molar-refractivity contribution >= 4 is 29.4 Å². The highest BCUT2D eigenvalue weighted by Gasteiger charge is 2.34. The van der Waals surface area contributed by atoms with Crippen molar-refractivity contribution in [3.63, 3.8) is 0 Å². The summed E-state index contributed by atoms with van der Waals surface area (Å²) >= 11 is 0. The van der Waals surface area contributed by atoms with Gasteiger partial charge in [-0.25, -0.2) is 0 Å². The van der Waals surface area contributed by atoms with E-state index in [1.807, 2.05) is 11.9 Å². The van der Waals surface area contributed by atoms with Gasteiger partial charge in [0.1, 0.15) is 0 Å². The molecule has 0 radical (unpaired) electrons. The Hall–Kier alpha value is -3.15. The second-order valence-corrected chi connectivity index (χ2v) is 9.50. The molecule has 186 valence electrons. The van der Waals surface area contributed by atoms with Gasteiger partial charge in [-0.2, -0.15) is 28.1 Å². The summed E-state index contributed by atoms with van der Waals surface area (Å²) < 4.78 is 41.1. The summed E-state index contributed by atoms with van der Waals surface area (Å²) in [5.74, 6) is 0.0164. The van der Waals surface area contributed by atoms with Crippen LogP contribution < -0.4 is 26.2 Å². The number of aromatic nitrogens is 3. The topological polar surface area (TPSA) is 107 Å². The minimum absolute atomic E-state index is 0.0567. The third-order valence-electron chi connectivity index (χ3n) is 5.13. The molecule has 1 amide bonds. The van der Waals surface area contributed by atoms with E-state index in [-0.39, 0.29) is 34.6 Å². The average Bonchev–Trinajstić information content (AvgIpc) is 3.24. The van der Waals surface area contributed by atoms with E-state index in [9.17, 15) is 18.0 Å². The van der Waals surface area contributed by atoms with E-state index in [0.717, 1.165) is 37.7 Å². The van der Waals surface area contributed by atoms with Gasteiger partial charge in [0.15, 0.2) is 0 Å². The van der Waals surface area contributed by atoms with E-state index in [2.05, 4.69) is 57.0 Å². The van der Waals surface area contributed by atoms with Crippen LogP contribution in [0.3, 0.4) is 0 Å². The van der Waals surface area contributed by atoms with E-state index >= 15 is 0 Å². The fourth-order valence-electron chi connectivity index (χ4n) is 3.70. The van der Waals surface area contributed by atoms with E-state index < -0.39 is 17.6 Å². The zero-order valence-corrected chi connectivity index (χ0v) is 20.0. The molecule has 2 aromatic rings. The molecule has 9 nitrogen and oxygen atoms in total. The fourth-order valence-corrected chi connectivity index (χ4v) is 3.70. The Morgan fingerprint density at radius 2 is 1.88 bits per heavy atom. The van der Waals surface area contributed by atoms with Crippen molar-refractivity contribution in [2.75, 3.05) is 49.3 Å². The number of carbonyl (C=O) groups excluding carboxylic acids is 1. The molecule has 34 heavy (non-hydrogen) atoms. The van der Waals surface area contributed by atoms with Crippen LogP contribution in [0.1, 0.15) is 43.1 Å². The van der Waals surface area contributed by atoms with Crippen molar-refractivity contribution in [1.29, 1.82) is 0 Å². The maximum Gasteiger partial charge on any atom is 0.418 e. The van der Waals surface area contributed by atoms with Crippen molar-refractivity contribution in [2.45, 2.75) is 39.4 Å². The Morgan fingerprint density at radius 1 is 1.18 bits per heavy atom. The Kier molecular flexibility index (Phi) is 7.49. The number of hydrogen-bond acceptors (Lipinski definition) is 8. The molecule has 0 spiro atoms. The van der Waals surface area contributed by atoms with Crippen LogP contribution in [0.2, 0.25) is 0 Å². The predicted octanol–water partition coefficient (Wildman–Crippen LogP) is 3.25. The van der Waals surface area contributed by atoms with Crippen LogP contribution in [0, 0.1) is 5.41 Å². The van der Waals surface area contributed by atoms with Crippen LogP contribution in [0.25, 0.3) is 0 Å². The van der Waals surface area contributed by atoms with Crippen molar-refractivity contribution in [1.82, 2.24) is 25.6 Å². The molecular weight excluding hydrogens is 449 g/mol. The molecule has 1 aliphatic rings. The minimum Gasteiger partial charge on any atom is -0.355 e. The Bertz CT molecular complexity index is 1020. The van der Waals surface area contributed by atoms with E-state index in [0.29, 0.717) is 12.5 Å². The standard InChI is InChI=1S/C22H31F3N8O/c1-21(2,3)12-33(5)20-31-18(28-14-8-9-27-11-14)30-19(32-20)29-16-10-13(17(34)26-4)6-7-15(16)22(23,24)25/h6-7,10,14,27H,8-9,11-12H2,1-5H3,(H,26,34)(H2,28,29,30,31,32)/t14-/m1/s1. The van der Waals surface area contributed by atoms with Gasteiger partial charge in [-0.1, -0.05) is 20.8 Å². The lowest BCUT2D eigenvalue weighted by atomic mass is 9.96. The molecule has 0 saturated carbocycles. The van der Waals surface area contributed by atoms with E-state index in [1.165, 1.54) is 7.05 Å². The van der Waals surface area contributed by atoms with Gasteiger partial charge in [0, 0.05) is 38.8 Å². The van der Waals surface area contributed by atoms with Crippen LogP contribution in [0.15, 0.2) is 18.2 Å². The molecular formula is C22H31F3N8O. The Balaban J connectivity index is 2.02. The number of hydrogen-bond donors (Lipinski definition) is 4. The molecule has 0 unspecified atom stereocenters. The maximum absolute atomic E-state index is 13.7. The molecule has 1 fully saturated rings. The fraction of sp³-hybridized carbons (Fsp3) is 0.545. The zero-order chi connectivity index (χ0) is 25.1. The van der Waals surface area contributed by atoms with Crippen LogP contribution in [-0.4, -0.2) is 60.6 Å². The number of carbonyl (C=O) groups is 1. The number of nitrogens with zero attached hydrogens (tertiary/aromatic N) is 4. The largest absolute Gasteiger partial charge is 0.418 e. The molecule has 1 atom stereocenters. The maximum atomic E-state index is 13.7. The molecule has 1 aromatic heterocycles. The molecule has 1 aliphatic heterocycles. The quantitative estimate of drug-likeness (QED) is 0.479.